The SMILES string of the molecule is CCC(C)CNC(=O)/C=C/C=C/CCCCCCCCc1ccccc1. The van der Waals surface area contributed by atoms with E-state index < -0.39 is 0 Å². The summed E-state index contributed by atoms with van der Waals surface area (Å²) in [5.74, 6) is 0.548. The lowest BCUT2D eigenvalue weighted by Gasteiger charge is -2.07. The van der Waals surface area contributed by atoms with Crippen molar-refractivity contribution < 1.29 is 4.79 Å². The molecule has 1 rings (SSSR count). The Kier molecular flexibility index (Phi) is 13.2. The minimum atomic E-state index is 0.00505. The average molecular weight is 356 g/mol. The molecule has 0 saturated carbocycles. The van der Waals surface area contributed by atoms with Crippen LogP contribution in [0.3, 0.4) is 0 Å². The highest BCUT2D eigenvalue weighted by atomic mass is 16.1. The van der Waals surface area contributed by atoms with Gasteiger partial charge in [0.05, 0.1) is 0 Å². The van der Waals surface area contributed by atoms with Crippen LogP contribution >= 0.6 is 0 Å². The van der Waals surface area contributed by atoms with Gasteiger partial charge < -0.3 is 5.32 Å². The van der Waals surface area contributed by atoms with Gasteiger partial charge in [0.25, 0.3) is 0 Å². The summed E-state index contributed by atoms with van der Waals surface area (Å²) >= 11 is 0. The van der Waals surface area contributed by atoms with Crippen molar-refractivity contribution in [2.45, 2.75) is 71.6 Å². The Balaban J connectivity index is 1.91. The lowest BCUT2D eigenvalue weighted by Crippen LogP contribution is -2.26. The first-order chi connectivity index (χ1) is 12.7. The van der Waals surface area contributed by atoms with Gasteiger partial charge in [0.15, 0.2) is 0 Å². The normalized spacial score (nSPS) is 12.7. The van der Waals surface area contributed by atoms with Gasteiger partial charge in [-0.3, -0.25) is 4.79 Å². The maximum atomic E-state index is 11.6. The molecular weight excluding hydrogens is 318 g/mol. The molecule has 1 aromatic rings. The number of amides is 1. The smallest absolute Gasteiger partial charge is 0.243 e. The monoisotopic (exact) mass is 355 g/mol. The van der Waals surface area contributed by atoms with E-state index in [1.165, 1.54) is 50.5 Å². The molecule has 0 spiro atoms. The molecule has 0 bridgehead atoms. The van der Waals surface area contributed by atoms with Crippen molar-refractivity contribution in [2.24, 2.45) is 5.92 Å². The van der Waals surface area contributed by atoms with Crippen LogP contribution in [0, 0.1) is 5.92 Å². The second-order valence-electron chi connectivity index (χ2n) is 7.19. The highest BCUT2D eigenvalue weighted by Crippen LogP contribution is 2.10. The molecule has 1 atom stereocenters. The third-order valence-electron chi connectivity index (χ3n) is 4.75. The van der Waals surface area contributed by atoms with Crippen LogP contribution in [0.2, 0.25) is 0 Å². The molecule has 0 heterocycles. The summed E-state index contributed by atoms with van der Waals surface area (Å²) < 4.78 is 0. The molecule has 1 aromatic carbocycles. The lowest BCUT2D eigenvalue weighted by molar-refractivity contribution is -0.116. The summed E-state index contributed by atoms with van der Waals surface area (Å²) in [5, 5.41) is 2.92. The number of allylic oxidation sites excluding steroid dienone is 3. The van der Waals surface area contributed by atoms with E-state index in [1.807, 2.05) is 12.2 Å². The Morgan fingerprint density at radius 2 is 1.69 bits per heavy atom. The Bertz CT molecular complexity index is 518. The third-order valence-corrected chi connectivity index (χ3v) is 4.75. The number of nitrogens with one attached hydrogen (secondary N) is 1. The fraction of sp³-hybridized carbons (Fsp3) is 0.542. The fourth-order valence-electron chi connectivity index (χ4n) is 2.74. The van der Waals surface area contributed by atoms with Crippen molar-refractivity contribution in [3.8, 4) is 0 Å². The Hall–Kier alpha value is -1.83. The van der Waals surface area contributed by atoms with E-state index >= 15 is 0 Å². The Morgan fingerprint density at radius 3 is 2.42 bits per heavy atom. The van der Waals surface area contributed by atoms with Crippen LogP contribution in [0.4, 0.5) is 0 Å². The number of carbonyl (C=O) groups excluding carboxylic acids is 1. The molecule has 2 nitrogen and oxygen atoms in total. The van der Waals surface area contributed by atoms with Crippen LogP contribution in [0.15, 0.2) is 54.6 Å². The molecule has 0 aliphatic rings. The zero-order chi connectivity index (χ0) is 18.9. The number of aryl methyl sites for hydroxylation is 1. The van der Waals surface area contributed by atoms with E-state index in [-0.39, 0.29) is 5.91 Å². The summed E-state index contributed by atoms with van der Waals surface area (Å²) in [7, 11) is 0. The molecule has 0 aliphatic carbocycles. The van der Waals surface area contributed by atoms with Gasteiger partial charge in [0, 0.05) is 12.6 Å². The lowest BCUT2D eigenvalue weighted by atomic mass is 10.0. The largest absolute Gasteiger partial charge is 0.352 e. The highest BCUT2D eigenvalue weighted by molar-refractivity contribution is 5.87. The third kappa shape index (κ3) is 12.5. The van der Waals surface area contributed by atoms with Crippen molar-refractivity contribution in [1.82, 2.24) is 5.32 Å². The number of rotatable bonds is 14. The highest BCUT2D eigenvalue weighted by Gasteiger charge is 1.99. The van der Waals surface area contributed by atoms with Gasteiger partial charge in [-0.25, -0.2) is 0 Å². The molecule has 0 fully saturated rings. The van der Waals surface area contributed by atoms with Gasteiger partial charge >= 0.3 is 0 Å². The van der Waals surface area contributed by atoms with Gasteiger partial charge in [-0.1, -0.05) is 94.5 Å². The molecule has 1 amide bonds. The van der Waals surface area contributed by atoms with Crippen molar-refractivity contribution in [3.05, 3.63) is 60.2 Å². The van der Waals surface area contributed by atoms with Crippen LogP contribution in [0.1, 0.15) is 70.8 Å². The number of hydrogen-bond donors (Lipinski definition) is 1. The van der Waals surface area contributed by atoms with Crippen LogP contribution in [-0.2, 0) is 11.2 Å². The van der Waals surface area contributed by atoms with E-state index in [9.17, 15) is 4.79 Å². The molecule has 0 aromatic heterocycles. The number of carbonyl (C=O) groups is 1. The van der Waals surface area contributed by atoms with Crippen molar-refractivity contribution >= 4 is 5.91 Å². The molecule has 1 N–H and O–H groups in total. The topological polar surface area (TPSA) is 29.1 Å². The van der Waals surface area contributed by atoms with Gasteiger partial charge in [-0.15, -0.1) is 0 Å². The summed E-state index contributed by atoms with van der Waals surface area (Å²) in [6, 6.07) is 10.8. The van der Waals surface area contributed by atoms with Crippen LogP contribution in [0.5, 0.6) is 0 Å². The quantitative estimate of drug-likeness (QED) is 0.239. The number of hydrogen-bond acceptors (Lipinski definition) is 1. The fourth-order valence-corrected chi connectivity index (χ4v) is 2.74. The summed E-state index contributed by atoms with van der Waals surface area (Å²) in [4.78, 5) is 11.6. The molecule has 1 unspecified atom stereocenters. The van der Waals surface area contributed by atoms with E-state index in [2.05, 4.69) is 55.6 Å². The maximum absolute atomic E-state index is 11.6. The number of benzene rings is 1. The standard InChI is InChI=1S/C24H37NO/c1-3-22(2)21-25-24(26)20-16-11-9-7-5-4-6-8-10-13-17-23-18-14-12-15-19-23/h9,11-12,14-16,18-20,22H,3-8,10,13,17,21H2,1-2H3,(H,25,26)/b11-9+,20-16+. The van der Waals surface area contributed by atoms with Gasteiger partial charge in [0.2, 0.25) is 5.91 Å². The second kappa shape index (κ2) is 15.4. The first-order valence-electron chi connectivity index (χ1n) is 10.4. The minimum absolute atomic E-state index is 0.00505. The van der Waals surface area contributed by atoms with Gasteiger partial charge in [0.1, 0.15) is 0 Å². The minimum Gasteiger partial charge on any atom is -0.352 e. The average Bonchev–Trinajstić information content (AvgIpc) is 2.67. The molecule has 144 valence electrons. The zero-order valence-corrected chi connectivity index (χ0v) is 16.8. The van der Waals surface area contributed by atoms with E-state index in [0.29, 0.717) is 5.92 Å². The number of unbranched alkanes of at least 4 members (excludes halogenated alkanes) is 6. The van der Waals surface area contributed by atoms with Gasteiger partial charge in [-0.2, -0.15) is 0 Å². The molecule has 0 radical (unpaired) electrons. The van der Waals surface area contributed by atoms with Crippen molar-refractivity contribution in [1.29, 1.82) is 0 Å². The van der Waals surface area contributed by atoms with E-state index in [0.717, 1.165) is 19.4 Å². The molecule has 26 heavy (non-hydrogen) atoms. The van der Waals surface area contributed by atoms with Crippen LogP contribution < -0.4 is 5.32 Å². The molecule has 2 heteroatoms. The first kappa shape index (κ1) is 22.2. The molecule has 0 saturated heterocycles. The van der Waals surface area contributed by atoms with E-state index in [1.54, 1.807) is 6.08 Å². The summed E-state index contributed by atoms with van der Waals surface area (Å²) in [6.07, 6.45) is 18.9. The van der Waals surface area contributed by atoms with E-state index in [4.69, 9.17) is 0 Å². The Morgan fingerprint density at radius 1 is 1.00 bits per heavy atom. The maximum Gasteiger partial charge on any atom is 0.243 e. The van der Waals surface area contributed by atoms with Crippen LogP contribution in [0.25, 0.3) is 0 Å². The first-order valence-corrected chi connectivity index (χ1v) is 10.4. The second-order valence-corrected chi connectivity index (χ2v) is 7.19. The van der Waals surface area contributed by atoms with Gasteiger partial charge in [-0.05, 0) is 37.2 Å². The molecular formula is C24H37NO. The predicted octanol–water partition coefficient (Wildman–Crippen LogP) is 6.23. The summed E-state index contributed by atoms with van der Waals surface area (Å²) in [6.45, 7) is 5.04. The summed E-state index contributed by atoms with van der Waals surface area (Å²) in [5.41, 5.74) is 1.46. The Labute approximate surface area is 160 Å². The van der Waals surface area contributed by atoms with Crippen molar-refractivity contribution in [3.63, 3.8) is 0 Å². The van der Waals surface area contributed by atoms with Crippen LogP contribution in [-0.4, -0.2) is 12.5 Å². The van der Waals surface area contributed by atoms with Crippen molar-refractivity contribution in [2.75, 3.05) is 6.54 Å². The predicted molar refractivity (Wildman–Crippen MR) is 113 cm³/mol. The molecule has 0 aliphatic heterocycles. The zero-order valence-electron chi connectivity index (χ0n) is 16.8.